The lowest BCUT2D eigenvalue weighted by atomic mass is 9.86. The summed E-state index contributed by atoms with van der Waals surface area (Å²) in [6.07, 6.45) is 2.71. The maximum Gasteiger partial charge on any atom is 0.277 e. The summed E-state index contributed by atoms with van der Waals surface area (Å²) in [6, 6.07) is 3.45. The number of aliphatic hydroxyl groups is 1. The largest absolute Gasteiger partial charge is 0.385 e. The van der Waals surface area contributed by atoms with Crippen molar-refractivity contribution in [2.45, 2.75) is 31.4 Å². The van der Waals surface area contributed by atoms with Gasteiger partial charge < -0.3 is 5.11 Å². The first-order valence-corrected chi connectivity index (χ1v) is 9.81. The summed E-state index contributed by atoms with van der Waals surface area (Å²) < 4.78 is 28.7. The van der Waals surface area contributed by atoms with Gasteiger partial charge in [0.1, 0.15) is 0 Å². The molecule has 4 atom stereocenters. The second-order valence-corrected chi connectivity index (χ2v) is 8.66. The van der Waals surface area contributed by atoms with E-state index in [4.69, 9.17) is 11.6 Å². The number of aromatic amines is 1. The number of halogens is 1. The Balaban J connectivity index is 1.55. The van der Waals surface area contributed by atoms with Crippen molar-refractivity contribution in [2.24, 2.45) is 11.8 Å². The quantitative estimate of drug-likeness (QED) is 0.635. The van der Waals surface area contributed by atoms with Crippen LogP contribution in [0.2, 0.25) is 5.02 Å². The summed E-state index contributed by atoms with van der Waals surface area (Å²) in [5, 5.41) is 19.4. The molecule has 0 aliphatic heterocycles. The van der Waals surface area contributed by atoms with Gasteiger partial charge in [0.2, 0.25) is 0 Å². The van der Waals surface area contributed by atoms with E-state index in [0.717, 1.165) is 16.5 Å². The number of hydrogen-bond donors (Lipinski definition) is 4. The van der Waals surface area contributed by atoms with Crippen LogP contribution in [-0.4, -0.2) is 36.3 Å². The molecule has 2 saturated carbocycles. The average Bonchev–Trinajstić information content (AvgIpc) is 2.90. The van der Waals surface area contributed by atoms with E-state index in [1.807, 2.05) is 0 Å². The molecule has 4 N–H and O–H groups in total. The summed E-state index contributed by atoms with van der Waals surface area (Å²) in [7, 11) is -3.46. The number of nitrogens with zero attached hydrogens (tertiary/aromatic N) is 1. The highest BCUT2D eigenvalue weighted by Gasteiger charge is 2.62. The van der Waals surface area contributed by atoms with Gasteiger partial charge in [0.05, 0.1) is 17.3 Å². The molecule has 2 fully saturated rings. The number of rotatable bonds is 5. The number of benzene rings is 1. The maximum absolute atomic E-state index is 11.8. The zero-order valence-corrected chi connectivity index (χ0v) is 14.7. The van der Waals surface area contributed by atoms with Crippen molar-refractivity contribution >= 4 is 32.7 Å². The zero-order valence-electron chi connectivity index (χ0n) is 13.1. The first-order chi connectivity index (χ1) is 11.3. The molecule has 7 nitrogen and oxygen atoms in total. The monoisotopic (exact) mass is 370 g/mol. The smallest absolute Gasteiger partial charge is 0.277 e. The van der Waals surface area contributed by atoms with Gasteiger partial charge in [-0.2, -0.15) is 18.2 Å². The lowest BCUT2D eigenvalue weighted by molar-refractivity contribution is 0.0303. The Kier molecular flexibility index (Phi) is 3.67. The number of aromatic nitrogens is 2. The Morgan fingerprint density at radius 2 is 2.12 bits per heavy atom. The lowest BCUT2D eigenvalue weighted by Gasteiger charge is -2.27. The highest BCUT2D eigenvalue weighted by Crippen LogP contribution is 2.60. The fourth-order valence-corrected chi connectivity index (χ4v) is 5.46. The van der Waals surface area contributed by atoms with E-state index in [2.05, 4.69) is 19.6 Å². The number of H-pyrrole nitrogens is 1. The third kappa shape index (κ3) is 2.62. The molecule has 4 rings (SSSR count). The van der Waals surface area contributed by atoms with Gasteiger partial charge in [0.15, 0.2) is 0 Å². The third-order valence-corrected chi connectivity index (χ3v) is 6.60. The summed E-state index contributed by atoms with van der Waals surface area (Å²) >= 11 is 6.16. The SMILES string of the molecule is CCNS(=O)(=O)N[C@H]1[C@@H]2C[C@@](O)(c3cc(Cl)cc4[nH]ncc34)C[C@@H]21. The standard InChI is InChI=1S/C15H19ClN4O3S/c1-2-18-24(22,23)20-14-9-5-15(21,6-10(9)14)12-3-8(16)4-13-11(12)7-17-19-13/h3-4,7,9-10,14,18,20-21H,2,5-6H2,1H3,(H,17,19)/t9-,10+,14+,15+. The van der Waals surface area contributed by atoms with Crippen LogP contribution >= 0.6 is 11.6 Å². The predicted octanol–water partition coefficient (Wildman–Crippen LogP) is 1.26. The van der Waals surface area contributed by atoms with Crippen LogP contribution in [0.1, 0.15) is 25.3 Å². The van der Waals surface area contributed by atoms with Crippen molar-refractivity contribution in [3.05, 3.63) is 28.9 Å². The van der Waals surface area contributed by atoms with Crippen molar-refractivity contribution in [3.8, 4) is 0 Å². The molecule has 0 amide bonds. The molecule has 0 bridgehead atoms. The number of nitrogens with one attached hydrogen (secondary N) is 3. The third-order valence-electron chi connectivity index (χ3n) is 5.13. The van der Waals surface area contributed by atoms with Crippen LogP contribution in [0.4, 0.5) is 0 Å². The molecular weight excluding hydrogens is 352 g/mol. The molecule has 2 aliphatic carbocycles. The lowest BCUT2D eigenvalue weighted by Crippen LogP contribution is -2.40. The Morgan fingerprint density at radius 1 is 1.42 bits per heavy atom. The molecule has 1 aromatic carbocycles. The maximum atomic E-state index is 11.8. The van der Waals surface area contributed by atoms with E-state index in [1.165, 1.54) is 0 Å². The summed E-state index contributed by atoms with van der Waals surface area (Å²) in [4.78, 5) is 0. The fourth-order valence-electron chi connectivity index (χ4n) is 4.07. The minimum Gasteiger partial charge on any atom is -0.385 e. The number of fused-ring (bicyclic) bond motifs is 2. The van der Waals surface area contributed by atoms with E-state index < -0.39 is 15.8 Å². The number of hydrogen-bond acceptors (Lipinski definition) is 4. The molecule has 0 spiro atoms. The molecule has 9 heteroatoms. The first-order valence-electron chi connectivity index (χ1n) is 7.95. The van der Waals surface area contributed by atoms with E-state index in [-0.39, 0.29) is 17.9 Å². The molecule has 24 heavy (non-hydrogen) atoms. The van der Waals surface area contributed by atoms with Gasteiger partial charge in [-0.05, 0) is 42.4 Å². The van der Waals surface area contributed by atoms with Crippen molar-refractivity contribution < 1.29 is 13.5 Å². The molecular formula is C15H19ClN4O3S. The molecule has 0 saturated heterocycles. The van der Waals surface area contributed by atoms with Crippen LogP contribution in [0.3, 0.4) is 0 Å². The van der Waals surface area contributed by atoms with Crippen molar-refractivity contribution in [2.75, 3.05) is 6.54 Å². The molecule has 0 unspecified atom stereocenters. The average molecular weight is 371 g/mol. The van der Waals surface area contributed by atoms with Gasteiger partial charge in [-0.25, -0.2) is 4.72 Å². The van der Waals surface area contributed by atoms with Gasteiger partial charge in [-0.3, -0.25) is 5.10 Å². The zero-order chi connectivity index (χ0) is 17.1. The van der Waals surface area contributed by atoms with Crippen LogP contribution in [0.5, 0.6) is 0 Å². The van der Waals surface area contributed by atoms with Gasteiger partial charge in [0.25, 0.3) is 10.2 Å². The first kappa shape index (κ1) is 16.3. The van der Waals surface area contributed by atoms with Crippen LogP contribution < -0.4 is 9.44 Å². The second kappa shape index (κ2) is 5.40. The van der Waals surface area contributed by atoms with Crippen LogP contribution in [0.25, 0.3) is 10.9 Å². The molecule has 0 radical (unpaired) electrons. The molecule has 1 aromatic heterocycles. The van der Waals surface area contributed by atoms with Crippen LogP contribution in [0.15, 0.2) is 18.3 Å². The minimum atomic E-state index is -3.46. The summed E-state index contributed by atoms with van der Waals surface area (Å²) in [5.74, 6) is 0.286. The van der Waals surface area contributed by atoms with Crippen molar-refractivity contribution in [3.63, 3.8) is 0 Å². The molecule has 1 heterocycles. The van der Waals surface area contributed by atoms with Crippen LogP contribution in [-0.2, 0) is 15.8 Å². The minimum absolute atomic E-state index is 0.103. The fraction of sp³-hybridized carbons (Fsp3) is 0.533. The Morgan fingerprint density at radius 3 is 2.79 bits per heavy atom. The predicted molar refractivity (Wildman–Crippen MR) is 90.7 cm³/mol. The van der Waals surface area contributed by atoms with E-state index in [1.54, 1.807) is 25.3 Å². The van der Waals surface area contributed by atoms with Gasteiger partial charge >= 0.3 is 0 Å². The van der Waals surface area contributed by atoms with E-state index in [9.17, 15) is 13.5 Å². The Bertz CT molecular complexity index is 885. The Hall–Kier alpha value is -1.19. The molecule has 2 aromatic rings. The Labute approximate surface area is 145 Å². The highest BCUT2D eigenvalue weighted by molar-refractivity contribution is 7.87. The molecule has 2 aliphatic rings. The van der Waals surface area contributed by atoms with E-state index >= 15 is 0 Å². The highest BCUT2D eigenvalue weighted by atomic mass is 35.5. The summed E-state index contributed by atoms with van der Waals surface area (Å²) in [5.41, 5.74) is 0.554. The second-order valence-electron chi connectivity index (χ2n) is 6.70. The van der Waals surface area contributed by atoms with Gasteiger partial charge in [-0.15, -0.1) is 0 Å². The van der Waals surface area contributed by atoms with Crippen molar-refractivity contribution in [1.29, 1.82) is 0 Å². The van der Waals surface area contributed by atoms with Crippen LogP contribution in [0, 0.1) is 11.8 Å². The van der Waals surface area contributed by atoms with Gasteiger partial charge in [0, 0.05) is 23.0 Å². The molecule has 130 valence electrons. The van der Waals surface area contributed by atoms with E-state index in [0.29, 0.717) is 24.4 Å². The topological polar surface area (TPSA) is 107 Å². The summed E-state index contributed by atoms with van der Waals surface area (Å²) in [6.45, 7) is 2.09. The normalized spacial score (nSPS) is 32.2. The van der Waals surface area contributed by atoms with Gasteiger partial charge in [-0.1, -0.05) is 18.5 Å². The van der Waals surface area contributed by atoms with Crippen molar-refractivity contribution in [1.82, 2.24) is 19.6 Å².